The van der Waals surface area contributed by atoms with Crippen LogP contribution in [0.4, 0.5) is 4.39 Å². The van der Waals surface area contributed by atoms with Gasteiger partial charge in [0.05, 0.1) is 12.1 Å². The number of benzene rings is 2. The van der Waals surface area contributed by atoms with Gasteiger partial charge in [-0.3, -0.25) is 4.90 Å². The summed E-state index contributed by atoms with van der Waals surface area (Å²) in [6, 6.07) is 10.7. The average Bonchev–Trinajstić information content (AvgIpc) is 3.18. The third kappa shape index (κ3) is 2.92. The molecule has 3 aromatic rings. The van der Waals surface area contributed by atoms with Crippen LogP contribution in [0.2, 0.25) is 0 Å². The maximum atomic E-state index is 13.1. The zero-order valence-corrected chi connectivity index (χ0v) is 15.0. The third-order valence-corrected chi connectivity index (χ3v) is 5.74. The Bertz CT molecular complexity index is 1070. The van der Waals surface area contributed by atoms with Crippen LogP contribution in [-0.2, 0) is 25.8 Å². The van der Waals surface area contributed by atoms with E-state index in [-0.39, 0.29) is 11.4 Å². The van der Waals surface area contributed by atoms with Crippen LogP contribution < -0.4 is 15.3 Å². The van der Waals surface area contributed by atoms with Gasteiger partial charge in [0.15, 0.2) is 5.58 Å². The Morgan fingerprint density at radius 1 is 1.00 bits per heavy atom. The van der Waals surface area contributed by atoms with Crippen LogP contribution in [0.1, 0.15) is 28.7 Å². The maximum Gasteiger partial charge on any atom is 0.339 e. The first-order chi connectivity index (χ1) is 13.2. The second kappa shape index (κ2) is 6.50. The molecule has 2 aromatic carbocycles. The molecule has 138 valence electrons. The van der Waals surface area contributed by atoms with Crippen LogP contribution in [-0.4, -0.2) is 13.3 Å². The van der Waals surface area contributed by atoms with Crippen LogP contribution in [0.3, 0.4) is 0 Å². The molecule has 0 bridgehead atoms. The van der Waals surface area contributed by atoms with Crippen molar-refractivity contribution in [3.05, 3.63) is 74.9 Å². The van der Waals surface area contributed by atoms with Crippen molar-refractivity contribution in [1.29, 1.82) is 0 Å². The first kappa shape index (κ1) is 16.5. The van der Waals surface area contributed by atoms with Crippen molar-refractivity contribution in [3.8, 4) is 5.75 Å². The summed E-state index contributed by atoms with van der Waals surface area (Å²) in [7, 11) is 0. The average molecular weight is 366 g/mol. The van der Waals surface area contributed by atoms with Crippen LogP contribution in [0.5, 0.6) is 5.75 Å². The number of rotatable bonds is 3. The molecule has 5 heteroatoms. The summed E-state index contributed by atoms with van der Waals surface area (Å²) in [6.45, 7) is 2.21. The molecule has 0 saturated carbocycles. The van der Waals surface area contributed by atoms with Gasteiger partial charge in [0.25, 0.3) is 0 Å². The van der Waals surface area contributed by atoms with Gasteiger partial charge >= 0.3 is 5.63 Å². The summed E-state index contributed by atoms with van der Waals surface area (Å²) in [5.74, 6) is 0.601. The molecule has 1 aromatic heterocycles. The van der Waals surface area contributed by atoms with Crippen LogP contribution >= 0.6 is 0 Å². The Kier molecular flexibility index (Phi) is 3.97. The highest BCUT2D eigenvalue weighted by Gasteiger charge is 2.27. The van der Waals surface area contributed by atoms with E-state index in [1.807, 2.05) is 24.3 Å². The molecule has 1 aliphatic heterocycles. The number of nitrogens with one attached hydrogen (secondary N) is 1. The second-order valence-corrected chi connectivity index (χ2v) is 7.46. The van der Waals surface area contributed by atoms with E-state index < -0.39 is 0 Å². The summed E-state index contributed by atoms with van der Waals surface area (Å²) in [5.41, 5.74) is 4.60. The highest BCUT2D eigenvalue weighted by Crippen LogP contribution is 2.33. The molecule has 2 aliphatic rings. The molecule has 4 nitrogen and oxygen atoms in total. The van der Waals surface area contributed by atoms with Crippen molar-refractivity contribution in [3.63, 3.8) is 0 Å². The molecule has 0 saturated heterocycles. The quantitative estimate of drug-likeness (QED) is 0.724. The van der Waals surface area contributed by atoms with Crippen LogP contribution in [0.15, 0.2) is 45.6 Å². The molecule has 0 fully saturated rings. The van der Waals surface area contributed by atoms with Gasteiger partial charge in [-0.25, -0.2) is 9.18 Å². The minimum Gasteiger partial charge on any atom is -0.445 e. The van der Waals surface area contributed by atoms with Crippen molar-refractivity contribution < 1.29 is 18.4 Å². The lowest BCUT2D eigenvalue weighted by Crippen LogP contribution is -3.12. The van der Waals surface area contributed by atoms with E-state index >= 15 is 0 Å². The minimum atomic E-state index is -0.213. The summed E-state index contributed by atoms with van der Waals surface area (Å²) in [4.78, 5) is 13.7. The molecular weight excluding hydrogens is 345 g/mol. The van der Waals surface area contributed by atoms with Crippen molar-refractivity contribution >= 4 is 11.0 Å². The summed E-state index contributed by atoms with van der Waals surface area (Å²) >= 11 is 0. The lowest BCUT2D eigenvalue weighted by Gasteiger charge is -2.26. The molecule has 2 heterocycles. The van der Waals surface area contributed by atoms with Crippen molar-refractivity contribution in [2.24, 2.45) is 0 Å². The Balaban J connectivity index is 1.44. The predicted molar refractivity (Wildman–Crippen MR) is 99.6 cm³/mol. The summed E-state index contributed by atoms with van der Waals surface area (Å²) < 4.78 is 24.7. The Labute approximate surface area is 156 Å². The van der Waals surface area contributed by atoms with E-state index in [1.165, 1.54) is 17.0 Å². The zero-order chi connectivity index (χ0) is 18.4. The lowest BCUT2D eigenvalue weighted by atomic mass is 10.0. The Hall–Kier alpha value is -2.66. The van der Waals surface area contributed by atoms with E-state index in [2.05, 4.69) is 0 Å². The third-order valence-electron chi connectivity index (χ3n) is 5.74. The molecular formula is C22H21FNO3+. The van der Waals surface area contributed by atoms with E-state index in [1.54, 1.807) is 0 Å². The molecule has 0 radical (unpaired) electrons. The van der Waals surface area contributed by atoms with Gasteiger partial charge in [-0.15, -0.1) is 0 Å². The molecule has 1 unspecified atom stereocenters. The first-order valence-corrected chi connectivity index (χ1v) is 9.50. The van der Waals surface area contributed by atoms with Crippen molar-refractivity contribution in [2.45, 2.75) is 32.2 Å². The number of aryl methyl sites for hydroxylation is 1. The number of hydrogen-bond donors (Lipinski definition) is 1. The van der Waals surface area contributed by atoms with E-state index in [0.717, 1.165) is 72.2 Å². The summed E-state index contributed by atoms with van der Waals surface area (Å²) in [6.07, 6.45) is 3.62. The topological polar surface area (TPSA) is 43.9 Å². The smallest absolute Gasteiger partial charge is 0.339 e. The fraction of sp³-hybridized carbons (Fsp3) is 0.318. The van der Waals surface area contributed by atoms with Crippen molar-refractivity contribution in [2.75, 3.05) is 13.3 Å². The van der Waals surface area contributed by atoms with Gasteiger partial charge in [-0.2, -0.15) is 0 Å². The standard InChI is InChI=1S/C22H20FNO3/c23-15-6-4-14(5-7-15)10-11-24-12-19-20(26-13-24)9-8-17-16-2-1-3-18(16)22(25)27-21(17)19/h4-9H,1-3,10-13H2/p+1. The second-order valence-electron chi connectivity index (χ2n) is 7.46. The predicted octanol–water partition coefficient (Wildman–Crippen LogP) is 2.40. The van der Waals surface area contributed by atoms with Gasteiger partial charge < -0.3 is 9.15 Å². The Morgan fingerprint density at radius 3 is 2.67 bits per heavy atom. The molecule has 0 amide bonds. The molecule has 1 aliphatic carbocycles. The van der Waals surface area contributed by atoms with E-state index in [0.29, 0.717) is 12.3 Å². The maximum absolute atomic E-state index is 13.1. The van der Waals surface area contributed by atoms with Crippen molar-refractivity contribution in [1.82, 2.24) is 0 Å². The fourth-order valence-electron chi connectivity index (χ4n) is 4.30. The zero-order valence-electron chi connectivity index (χ0n) is 15.0. The molecule has 1 N–H and O–H groups in total. The number of ether oxygens (including phenoxy) is 1. The number of hydrogen-bond acceptors (Lipinski definition) is 3. The number of quaternary nitrogens is 1. The van der Waals surface area contributed by atoms with Gasteiger partial charge in [-0.05, 0) is 54.7 Å². The van der Waals surface area contributed by atoms with E-state index in [4.69, 9.17) is 9.15 Å². The van der Waals surface area contributed by atoms with Crippen LogP contribution in [0, 0.1) is 5.82 Å². The molecule has 27 heavy (non-hydrogen) atoms. The highest BCUT2D eigenvalue weighted by atomic mass is 19.1. The van der Waals surface area contributed by atoms with Crippen LogP contribution in [0.25, 0.3) is 11.0 Å². The SMILES string of the molecule is O=c1oc2c3c(ccc2c2c1CCC2)OC[NH+](CCc1ccc(F)cc1)C3. The van der Waals surface area contributed by atoms with E-state index in [9.17, 15) is 9.18 Å². The minimum absolute atomic E-state index is 0.193. The normalized spacial score (nSPS) is 18.2. The van der Waals surface area contributed by atoms with Gasteiger partial charge in [0.1, 0.15) is 18.1 Å². The lowest BCUT2D eigenvalue weighted by molar-refractivity contribution is -0.932. The number of fused-ring (bicyclic) bond motifs is 5. The fourth-order valence-corrected chi connectivity index (χ4v) is 4.30. The molecule has 0 spiro atoms. The highest BCUT2D eigenvalue weighted by molar-refractivity contribution is 5.86. The van der Waals surface area contributed by atoms with Gasteiger partial charge in [-0.1, -0.05) is 12.1 Å². The largest absolute Gasteiger partial charge is 0.445 e. The molecule has 1 atom stereocenters. The van der Waals surface area contributed by atoms with Gasteiger partial charge in [0.2, 0.25) is 6.73 Å². The van der Waals surface area contributed by atoms with Gasteiger partial charge in [0, 0.05) is 17.4 Å². The Morgan fingerprint density at radius 2 is 1.81 bits per heavy atom. The summed E-state index contributed by atoms with van der Waals surface area (Å²) in [5, 5.41) is 1.06. The first-order valence-electron chi connectivity index (χ1n) is 9.50. The monoisotopic (exact) mass is 366 g/mol. The molecule has 5 rings (SSSR count). The number of halogens is 1.